The molecule has 1 fully saturated rings. The van der Waals surface area contributed by atoms with Gasteiger partial charge in [-0.25, -0.2) is 4.98 Å². The second-order valence-electron chi connectivity index (χ2n) is 8.56. The van der Waals surface area contributed by atoms with Crippen molar-refractivity contribution in [2.24, 2.45) is 0 Å². The molecule has 0 spiro atoms. The standard InChI is InChI=1S/C26H32N4O/c1-19-8-6-11-23(20(19)2)26(24-17-27-18-28-24)21-9-7-10-22(16-21)29-25(31)12-15-30-13-4-3-5-14-30/h6-11,16-18,26H,3-5,12-15H2,1-2H3,(H,27,28)(H,29,31). The molecule has 1 amide bonds. The van der Waals surface area contributed by atoms with Gasteiger partial charge in [0.2, 0.25) is 5.91 Å². The number of nitrogens with one attached hydrogen (secondary N) is 2. The number of imidazole rings is 1. The Labute approximate surface area is 184 Å². The van der Waals surface area contributed by atoms with Crippen LogP contribution < -0.4 is 5.32 Å². The van der Waals surface area contributed by atoms with Gasteiger partial charge in [0.05, 0.1) is 12.2 Å². The molecule has 2 aromatic carbocycles. The van der Waals surface area contributed by atoms with Crippen LogP contribution in [0.1, 0.15) is 59.5 Å². The minimum Gasteiger partial charge on any atom is -0.348 e. The first kappa shape index (κ1) is 21.3. The highest BCUT2D eigenvalue weighted by atomic mass is 16.1. The lowest BCUT2D eigenvalue weighted by Gasteiger charge is -2.26. The van der Waals surface area contributed by atoms with Gasteiger partial charge in [-0.05, 0) is 74.2 Å². The summed E-state index contributed by atoms with van der Waals surface area (Å²) in [7, 11) is 0. The Morgan fingerprint density at radius 1 is 1.13 bits per heavy atom. The predicted octanol–water partition coefficient (Wildman–Crippen LogP) is 5.02. The van der Waals surface area contributed by atoms with Crippen molar-refractivity contribution < 1.29 is 4.79 Å². The molecule has 5 heteroatoms. The molecule has 1 aromatic heterocycles. The highest BCUT2D eigenvalue weighted by Crippen LogP contribution is 2.34. The van der Waals surface area contributed by atoms with Crippen molar-refractivity contribution in [1.82, 2.24) is 14.9 Å². The van der Waals surface area contributed by atoms with Crippen LogP contribution in [0.2, 0.25) is 0 Å². The Morgan fingerprint density at radius 2 is 1.94 bits per heavy atom. The molecular formula is C26H32N4O. The predicted molar refractivity (Wildman–Crippen MR) is 125 cm³/mol. The smallest absolute Gasteiger partial charge is 0.225 e. The first-order valence-corrected chi connectivity index (χ1v) is 11.3. The summed E-state index contributed by atoms with van der Waals surface area (Å²) in [6.45, 7) is 7.38. The van der Waals surface area contributed by atoms with Crippen molar-refractivity contribution in [2.75, 3.05) is 25.0 Å². The van der Waals surface area contributed by atoms with Crippen LogP contribution >= 0.6 is 0 Å². The number of anilines is 1. The number of carbonyl (C=O) groups is 1. The first-order valence-electron chi connectivity index (χ1n) is 11.3. The zero-order chi connectivity index (χ0) is 21.6. The van der Waals surface area contributed by atoms with Crippen LogP contribution in [-0.2, 0) is 4.79 Å². The molecular weight excluding hydrogens is 384 g/mol. The number of nitrogens with zero attached hydrogens (tertiary/aromatic N) is 2. The molecule has 1 unspecified atom stereocenters. The fourth-order valence-electron chi connectivity index (χ4n) is 4.50. The molecule has 3 aromatic rings. The maximum atomic E-state index is 12.6. The summed E-state index contributed by atoms with van der Waals surface area (Å²) < 4.78 is 0. The molecule has 1 atom stereocenters. The molecule has 0 bridgehead atoms. The van der Waals surface area contributed by atoms with E-state index in [4.69, 9.17) is 0 Å². The van der Waals surface area contributed by atoms with Crippen molar-refractivity contribution in [3.8, 4) is 0 Å². The van der Waals surface area contributed by atoms with Crippen LogP contribution in [0.4, 0.5) is 5.69 Å². The van der Waals surface area contributed by atoms with Gasteiger partial charge in [0.1, 0.15) is 0 Å². The second-order valence-corrected chi connectivity index (χ2v) is 8.56. The molecule has 1 aliphatic rings. The number of hydrogen-bond donors (Lipinski definition) is 2. The third-order valence-corrected chi connectivity index (χ3v) is 6.40. The van der Waals surface area contributed by atoms with E-state index in [2.05, 4.69) is 64.4 Å². The summed E-state index contributed by atoms with van der Waals surface area (Å²) in [4.78, 5) is 22.5. The van der Waals surface area contributed by atoms with E-state index in [9.17, 15) is 4.79 Å². The van der Waals surface area contributed by atoms with Gasteiger partial charge >= 0.3 is 0 Å². The fourth-order valence-corrected chi connectivity index (χ4v) is 4.50. The minimum atomic E-state index is 0.0348. The Hall–Kier alpha value is -2.92. The van der Waals surface area contributed by atoms with Gasteiger partial charge in [-0.2, -0.15) is 0 Å². The molecule has 5 nitrogen and oxygen atoms in total. The summed E-state index contributed by atoms with van der Waals surface area (Å²) in [5.41, 5.74) is 6.81. The number of aromatic amines is 1. The second kappa shape index (κ2) is 9.92. The summed E-state index contributed by atoms with van der Waals surface area (Å²) in [5, 5.41) is 3.11. The maximum absolute atomic E-state index is 12.6. The van der Waals surface area contributed by atoms with Gasteiger partial charge in [0.15, 0.2) is 0 Å². The van der Waals surface area contributed by atoms with Gasteiger partial charge in [0.25, 0.3) is 0 Å². The lowest BCUT2D eigenvalue weighted by Crippen LogP contribution is -2.32. The number of hydrogen-bond acceptors (Lipinski definition) is 3. The number of benzene rings is 2. The van der Waals surface area contributed by atoms with Crippen LogP contribution in [0, 0.1) is 13.8 Å². The van der Waals surface area contributed by atoms with E-state index in [1.54, 1.807) is 6.33 Å². The molecule has 162 valence electrons. The quantitative estimate of drug-likeness (QED) is 0.568. The maximum Gasteiger partial charge on any atom is 0.225 e. The van der Waals surface area contributed by atoms with Crippen LogP contribution in [0.3, 0.4) is 0 Å². The van der Waals surface area contributed by atoms with Crippen molar-refractivity contribution in [3.05, 3.63) is 82.9 Å². The Kier molecular flexibility index (Phi) is 6.82. The summed E-state index contributed by atoms with van der Waals surface area (Å²) >= 11 is 0. The number of carbonyl (C=O) groups excluding carboxylic acids is 1. The third-order valence-electron chi connectivity index (χ3n) is 6.40. The summed E-state index contributed by atoms with van der Waals surface area (Å²) in [5.74, 6) is 0.111. The summed E-state index contributed by atoms with van der Waals surface area (Å²) in [6, 6.07) is 14.6. The molecule has 0 saturated carbocycles. The van der Waals surface area contributed by atoms with Crippen LogP contribution in [0.5, 0.6) is 0 Å². The normalized spacial score (nSPS) is 15.5. The van der Waals surface area contributed by atoms with E-state index in [-0.39, 0.29) is 11.8 Å². The van der Waals surface area contributed by atoms with Gasteiger partial charge in [-0.3, -0.25) is 4.79 Å². The topological polar surface area (TPSA) is 61.0 Å². The Balaban J connectivity index is 1.53. The fraction of sp³-hybridized carbons (Fsp3) is 0.385. The number of aryl methyl sites for hydroxylation is 1. The number of amides is 1. The largest absolute Gasteiger partial charge is 0.348 e. The highest BCUT2D eigenvalue weighted by Gasteiger charge is 2.21. The van der Waals surface area contributed by atoms with Crippen molar-refractivity contribution >= 4 is 11.6 Å². The number of aromatic nitrogens is 2. The zero-order valence-electron chi connectivity index (χ0n) is 18.5. The number of H-pyrrole nitrogens is 1. The van der Waals surface area contributed by atoms with Crippen LogP contribution in [0.25, 0.3) is 0 Å². The van der Waals surface area contributed by atoms with E-state index in [1.807, 2.05) is 18.3 Å². The lowest BCUT2D eigenvalue weighted by atomic mass is 9.85. The lowest BCUT2D eigenvalue weighted by molar-refractivity contribution is -0.116. The van der Waals surface area contributed by atoms with Gasteiger partial charge in [-0.15, -0.1) is 0 Å². The van der Waals surface area contributed by atoms with E-state index in [0.717, 1.165) is 36.6 Å². The summed E-state index contributed by atoms with van der Waals surface area (Å²) in [6.07, 6.45) is 7.95. The highest BCUT2D eigenvalue weighted by molar-refractivity contribution is 5.90. The average Bonchev–Trinajstić information content (AvgIpc) is 3.31. The molecule has 2 heterocycles. The SMILES string of the molecule is Cc1cccc(C(c2cccc(NC(=O)CCN3CCCCC3)c2)c2cnc[nH]2)c1C. The zero-order valence-corrected chi connectivity index (χ0v) is 18.5. The minimum absolute atomic E-state index is 0.0348. The Morgan fingerprint density at radius 3 is 2.71 bits per heavy atom. The van der Waals surface area contributed by atoms with E-state index < -0.39 is 0 Å². The van der Waals surface area contributed by atoms with E-state index >= 15 is 0 Å². The molecule has 2 N–H and O–H groups in total. The molecule has 1 saturated heterocycles. The molecule has 1 aliphatic heterocycles. The van der Waals surface area contributed by atoms with E-state index in [0.29, 0.717) is 6.42 Å². The molecule has 4 rings (SSSR count). The van der Waals surface area contributed by atoms with Crippen molar-refractivity contribution in [1.29, 1.82) is 0 Å². The van der Waals surface area contributed by atoms with Crippen LogP contribution in [-0.4, -0.2) is 40.4 Å². The molecule has 0 radical (unpaired) electrons. The van der Waals surface area contributed by atoms with Crippen molar-refractivity contribution in [2.45, 2.75) is 45.4 Å². The van der Waals surface area contributed by atoms with E-state index in [1.165, 1.54) is 36.0 Å². The molecule has 31 heavy (non-hydrogen) atoms. The molecule has 0 aliphatic carbocycles. The monoisotopic (exact) mass is 416 g/mol. The van der Waals surface area contributed by atoms with Gasteiger partial charge in [-0.1, -0.05) is 36.8 Å². The van der Waals surface area contributed by atoms with Gasteiger partial charge < -0.3 is 15.2 Å². The Bertz CT molecular complexity index is 1010. The van der Waals surface area contributed by atoms with Crippen LogP contribution in [0.15, 0.2) is 55.0 Å². The number of piperidine rings is 1. The van der Waals surface area contributed by atoms with Gasteiger partial charge in [0, 0.05) is 30.5 Å². The first-order chi connectivity index (χ1) is 15.1. The average molecular weight is 417 g/mol. The third kappa shape index (κ3) is 5.23. The number of rotatable bonds is 7. The number of likely N-dealkylation sites (tertiary alicyclic amines) is 1. The van der Waals surface area contributed by atoms with Crippen molar-refractivity contribution in [3.63, 3.8) is 0 Å².